The number of benzene rings is 3. The lowest BCUT2D eigenvalue weighted by Gasteiger charge is -2.23. The summed E-state index contributed by atoms with van der Waals surface area (Å²) in [6.07, 6.45) is 0.381. The highest BCUT2D eigenvalue weighted by Gasteiger charge is 2.31. The molecule has 4 aromatic rings. The summed E-state index contributed by atoms with van der Waals surface area (Å²) in [4.78, 5) is 29.6. The smallest absolute Gasteiger partial charge is 0.278 e. The predicted molar refractivity (Wildman–Crippen MR) is 159 cm³/mol. The Morgan fingerprint density at radius 2 is 1.77 bits per heavy atom. The molecule has 0 aliphatic carbocycles. The number of anilines is 2. The molecule has 0 fully saturated rings. The fraction of sp³-hybridized carbons (Fsp3) is 0.312. The fourth-order valence-corrected chi connectivity index (χ4v) is 5.26. The molecule has 0 radical (unpaired) electrons. The van der Waals surface area contributed by atoms with Crippen LogP contribution in [0.2, 0.25) is 0 Å². The van der Waals surface area contributed by atoms with Gasteiger partial charge in [0, 0.05) is 36.4 Å². The molecule has 1 amide bonds. The first kappa shape index (κ1) is 27.1. The van der Waals surface area contributed by atoms with Crippen LogP contribution in [0, 0.1) is 20.8 Å². The Morgan fingerprint density at radius 3 is 2.45 bits per heavy atom. The van der Waals surface area contributed by atoms with E-state index in [0.29, 0.717) is 35.1 Å². The quantitative estimate of drug-likeness (QED) is 0.271. The van der Waals surface area contributed by atoms with E-state index < -0.39 is 0 Å². The van der Waals surface area contributed by atoms with Gasteiger partial charge in [-0.15, -0.1) is 0 Å². The van der Waals surface area contributed by atoms with E-state index in [0.717, 1.165) is 46.7 Å². The number of hydrogen-bond acceptors (Lipinski definition) is 5. The molecule has 3 aromatic carbocycles. The van der Waals surface area contributed by atoms with Gasteiger partial charge in [-0.1, -0.05) is 18.2 Å². The van der Waals surface area contributed by atoms with Crippen molar-refractivity contribution in [2.24, 2.45) is 0 Å². The summed E-state index contributed by atoms with van der Waals surface area (Å²) >= 11 is 0. The summed E-state index contributed by atoms with van der Waals surface area (Å²) in [5.74, 6) is 1.23. The van der Waals surface area contributed by atoms with Crippen LogP contribution in [-0.2, 0) is 17.8 Å². The summed E-state index contributed by atoms with van der Waals surface area (Å²) in [6.45, 7) is 12.0. The van der Waals surface area contributed by atoms with Gasteiger partial charge >= 0.3 is 0 Å². The minimum absolute atomic E-state index is 0.112. The summed E-state index contributed by atoms with van der Waals surface area (Å²) in [5, 5.41) is 3.04. The molecule has 0 spiro atoms. The van der Waals surface area contributed by atoms with E-state index in [-0.39, 0.29) is 18.0 Å². The first-order valence-electron chi connectivity index (χ1n) is 13.7. The second kappa shape index (κ2) is 11.0. The van der Waals surface area contributed by atoms with Gasteiger partial charge in [-0.3, -0.25) is 9.59 Å². The molecule has 1 aromatic heterocycles. The Labute approximate surface area is 234 Å². The highest BCUT2D eigenvalue weighted by molar-refractivity contribution is 5.91. The third kappa shape index (κ3) is 4.85. The molecule has 0 bridgehead atoms. The van der Waals surface area contributed by atoms with Crippen LogP contribution in [0.3, 0.4) is 0 Å². The number of carbonyl (C=O) groups is 1. The summed E-state index contributed by atoms with van der Waals surface area (Å²) in [7, 11) is 1.59. The van der Waals surface area contributed by atoms with Crippen LogP contribution in [0.5, 0.6) is 17.4 Å². The maximum Gasteiger partial charge on any atom is 0.278 e. The van der Waals surface area contributed by atoms with Crippen LogP contribution in [0.4, 0.5) is 11.4 Å². The lowest BCUT2D eigenvalue weighted by molar-refractivity contribution is -0.117. The van der Waals surface area contributed by atoms with Crippen LogP contribution >= 0.6 is 0 Å². The summed E-state index contributed by atoms with van der Waals surface area (Å²) < 4.78 is 15.1. The van der Waals surface area contributed by atoms with Crippen LogP contribution in [0.1, 0.15) is 41.7 Å². The average molecular weight is 541 g/mol. The van der Waals surface area contributed by atoms with Crippen molar-refractivity contribution in [1.82, 2.24) is 9.36 Å². The largest absolute Gasteiger partial charge is 0.493 e. The number of nitrogens with one attached hydrogen (secondary N) is 1. The number of ether oxygens (including phenoxy) is 2. The van der Waals surface area contributed by atoms with Crippen molar-refractivity contribution in [3.8, 4) is 23.1 Å². The Hall–Kier alpha value is -4.46. The lowest BCUT2D eigenvalue weighted by Crippen LogP contribution is -2.27. The predicted octanol–water partition coefficient (Wildman–Crippen LogP) is 5.75. The van der Waals surface area contributed by atoms with Crippen molar-refractivity contribution < 1.29 is 14.3 Å². The van der Waals surface area contributed by atoms with E-state index in [4.69, 9.17) is 9.47 Å². The molecule has 208 valence electrons. The number of carbonyl (C=O) groups excluding carboxylic acids is 1. The first-order valence-corrected chi connectivity index (χ1v) is 13.7. The molecule has 1 aliphatic rings. The van der Waals surface area contributed by atoms with E-state index in [1.54, 1.807) is 16.5 Å². The zero-order valence-electron chi connectivity index (χ0n) is 24.0. The Bertz CT molecular complexity index is 1650. The van der Waals surface area contributed by atoms with Gasteiger partial charge in [-0.25, -0.2) is 9.36 Å². The minimum Gasteiger partial charge on any atom is -0.493 e. The van der Waals surface area contributed by atoms with Gasteiger partial charge in [0.05, 0.1) is 18.4 Å². The van der Waals surface area contributed by atoms with E-state index in [1.165, 1.54) is 0 Å². The van der Waals surface area contributed by atoms with Crippen molar-refractivity contribution in [1.29, 1.82) is 0 Å². The zero-order valence-corrected chi connectivity index (χ0v) is 24.0. The fourth-order valence-electron chi connectivity index (χ4n) is 5.26. The van der Waals surface area contributed by atoms with Crippen LogP contribution in [-0.4, -0.2) is 35.5 Å². The number of para-hydroxylation sites is 1. The molecule has 8 nitrogen and oxygen atoms in total. The van der Waals surface area contributed by atoms with Crippen LogP contribution in [0.15, 0.2) is 59.4 Å². The lowest BCUT2D eigenvalue weighted by atomic mass is 10.0. The second-order valence-corrected chi connectivity index (χ2v) is 10.2. The molecule has 0 saturated carbocycles. The monoisotopic (exact) mass is 540 g/mol. The van der Waals surface area contributed by atoms with Gasteiger partial charge in [0.25, 0.3) is 5.56 Å². The topological polar surface area (TPSA) is 77.7 Å². The maximum absolute atomic E-state index is 13.8. The van der Waals surface area contributed by atoms with Crippen LogP contribution < -0.4 is 25.2 Å². The molecule has 1 N–H and O–H groups in total. The summed E-state index contributed by atoms with van der Waals surface area (Å²) in [5.41, 5.74) is 6.82. The van der Waals surface area contributed by atoms with Crippen molar-refractivity contribution in [3.63, 3.8) is 0 Å². The third-order valence-electron chi connectivity index (χ3n) is 7.67. The van der Waals surface area contributed by atoms with Crippen molar-refractivity contribution in [2.75, 3.05) is 30.4 Å². The molecule has 40 heavy (non-hydrogen) atoms. The maximum atomic E-state index is 13.8. The van der Waals surface area contributed by atoms with E-state index in [9.17, 15) is 9.59 Å². The van der Waals surface area contributed by atoms with Gasteiger partial charge in [0.2, 0.25) is 11.8 Å². The van der Waals surface area contributed by atoms with Gasteiger partial charge in [-0.05, 0) is 87.7 Å². The Balaban J connectivity index is 1.54. The van der Waals surface area contributed by atoms with Crippen molar-refractivity contribution in [3.05, 3.63) is 92.8 Å². The molecule has 0 saturated heterocycles. The molecule has 8 heteroatoms. The van der Waals surface area contributed by atoms with Crippen LogP contribution in [0.25, 0.3) is 5.69 Å². The molecule has 1 aliphatic heterocycles. The van der Waals surface area contributed by atoms with Gasteiger partial charge in [0.15, 0.2) is 11.5 Å². The number of fused-ring (bicyclic) bond motifs is 2. The van der Waals surface area contributed by atoms with E-state index in [1.807, 2.05) is 69.3 Å². The number of nitrogens with zero attached hydrogens (tertiary/aromatic N) is 3. The SMILES string of the molecule is CCN(CC)c1ccc(NC(=O)Cn2c3c(c(=O)n2-c2ccc(C)c(C)c2)Cc2cccc(OC)c2O3)c(C)c1. The van der Waals surface area contributed by atoms with Gasteiger partial charge < -0.3 is 19.7 Å². The number of rotatable bonds is 8. The molecule has 0 atom stereocenters. The second-order valence-electron chi connectivity index (χ2n) is 10.2. The van der Waals surface area contributed by atoms with Crippen molar-refractivity contribution >= 4 is 17.3 Å². The van der Waals surface area contributed by atoms with Crippen molar-refractivity contribution in [2.45, 2.75) is 47.6 Å². The number of aromatic nitrogens is 2. The Kier molecular flexibility index (Phi) is 7.43. The van der Waals surface area contributed by atoms with Gasteiger partial charge in [0.1, 0.15) is 6.54 Å². The van der Waals surface area contributed by atoms with Gasteiger partial charge in [-0.2, -0.15) is 0 Å². The first-order chi connectivity index (χ1) is 19.2. The highest BCUT2D eigenvalue weighted by Crippen LogP contribution is 2.42. The number of methoxy groups -OCH3 is 1. The minimum atomic E-state index is -0.261. The summed E-state index contributed by atoms with van der Waals surface area (Å²) in [6, 6.07) is 17.5. The Morgan fingerprint density at radius 1 is 1.00 bits per heavy atom. The van der Waals surface area contributed by atoms with E-state index in [2.05, 4.69) is 30.1 Å². The number of hydrogen-bond donors (Lipinski definition) is 1. The third-order valence-corrected chi connectivity index (χ3v) is 7.67. The molecular weight excluding hydrogens is 504 g/mol. The highest BCUT2D eigenvalue weighted by atomic mass is 16.5. The molecule has 5 rings (SSSR count). The average Bonchev–Trinajstić information content (AvgIpc) is 3.20. The molecular formula is C32H36N4O4. The van der Waals surface area contributed by atoms with E-state index >= 15 is 0 Å². The zero-order chi connectivity index (χ0) is 28.6. The normalized spacial score (nSPS) is 11.8. The number of amides is 1. The standard InChI is InChI=1S/C32H36N4O4/c1-7-34(8-2)24-14-15-27(22(5)17-24)33-29(37)19-35-32-26(18-23-10-9-11-28(39-6)30(23)40-32)31(38)36(35)25-13-12-20(3)21(4)16-25/h9-17H,7-8,18-19H2,1-6H3,(H,33,37). The number of aryl methyl sites for hydroxylation is 3. The molecule has 0 unspecified atom stereocenters. The molecule has 2 heterocycles.